The highest BCUT2D eigenvalue weighted by atomic mass is 16.3. The van der Waals surface area contributed by atoms with E-state index in [-0.39, 0.29) is 17.7 Å². The first-order valence-electron chi connectivity index (χ1n) is 9.50. The number of aromatic amines is 1. The van der Waals surface area contributed by atoms with E-state index in [1.54, 1.807) is 12.5 Å². The predicted octanol–water partition coefficient (Wildman–Crippen LogP) is 3.34. The van der Waals surface area contributed by atoms with Crippen molar-refractivity contribution in [3.8, 4) is 0 Å². The number of hydrogen-bond acceptors (Lipinski definition) is 3. The first kappa shape index (κ1) is 16.2. The molecule has 6 nitrogen and oxygen atoms in total. The number of carbonyl (C=O) groups excluding carboxylic acids is 1. The van der Waals surface area contributed by atoms with Gasteiger partial charge < -0.3 is 19.6 Å². The molecule has 1 saturated carbocycles. The van der Waals surface area contributed by atoms with Gasteiger partial charge in [0.25, 0.3) is 5.91 Å². The zero-order valence-electron chi connectivity index (χ0n) is 15.0. The SMILES string of the molecule is O=C1C(O)=C(c2c[nH]c3ccccc23)C(C2CC2)N1CCCn1ccnc1. The van der Waals surface area contributed by atoms with Crippen LogP contribution in [0.3, 0.4) is 0 Å². The molecule has 0 radical (unpaired) electrons. The number of nitrogens with zero attached hydrogens (tertiary/aromatic N) is 3. The van der Waals surface area contributed by atoms with Gasteiger partial charge >= 0.3 is 0 Å². The lowest BCUT2D eigenvalue weighted by Gasteiger charge is -2.27. The van der Waals surface area contributed by atoms with E-state index < -0.39 is 0 Å². The minimum atomic E-state index is -0.238. The Morgan fingerprint density at radius 1 is 1.22 bits per heavy atom. The van der Waals surface area contributed by atoms with Gasteiger partial charge in [0, 0.05) is 53.7 Å². The van der Waals surface area contributed by atoms with Crippen LogP contribution in [0.25, 0.3) is 16.5 Å². The Hall–Kier alpha value is -3.02. The molecule has 1 aliphatic carbocycles. The van der Waals surface area contributed by atoms with Crippen LogP contribution in [0.5, 0.6) is 0 Å². The summed E-state index contributed by atoms with van der Waals surface area (Å²) >= 11 is 0. The molecule has 3 aromatic rings. The maximum Gasteiger partial charge on any atom is 0.289 e. The molecule has 138 valence electrons. The summed E-state index contributed by atoms with van der Waals surface area (Å²) in [6.07, 6.45) is 10.4. The largest absolute Gasteiger partial charge is 0.503 e. The van der Waals surface area contributed by atoms with Crippen molar-refractivity contribution in [2.24, 2.45) is 5.92 Å². The molecule has 1 aliphatic heterocycles. The average Bonchev–Trinajstić information content (AvgIpc) is 3.12. The van der Waals surface area contributed by atoms with Crippen LogP contribution < -0.4 is 0 Å². The smallest absolute Gasteiger partial charge is 0.289 e. The molecular formula is C21H22N4O2. The highest BCUT2D eigenvalue weighted by Crippen LogP contribution is 2.47. The molecule has 2 aliphatic rings. The van der Waals surface area contributed by atoms with Gasteiger partial charge in [-0.2, -0.15) is 0 Å². The fraction of sp³-hybridized carbons (Fsp3) is 0.333. The second-order valence-electron chi connectivity index (χ2n) is 7.45. The Labute approximate surface area is 157 Å². The molecule has 1 aromatic carbocycles. The van der Waals surface area contributed by atoms with Crippen molar-refractivity contribution in [1.82, 2.24) is 19.4 Å². The summed E-state index contributed by atoms with van der Waals surface area (Å²) in [6, 6.07) is 8.00. The average molecular weight is 362 g/mol. The summed E-state index contributed by atoms with van der Waals surface area (Å²) in [7, 11) is 0. The van der Waals surface area contributed by atoms with Gasteiger partial charge in [-0.1, -0.05) is 18.2 Å². The van der Waals surface area contributed by atoms with Gasteiger partial charge in [0.05, 0.1) is 12.4 Å². The second-order valence-corrected chi connectivity index (χ2v) is 7.45. The highest BCUT2D eigenvalue weighted by Gasteiger charge is 2.47. The van der Waals surface area contributed by atoms with E-state index in [0.717, 1.165) is 47.8 Å². The van der Waals surface area contributed by atoms with Gasteiger partial charge in [0.2, 0.25) is 0 Å². The van der Waals surface area contributed by atoms with Crippen LogP contribution in [0.2, 0.25) is 0 Å². The van der Waals surface area contributed by atoms with Crippen molar-refractivity contribution >= 4 is 22.4 Å². The lowest BCUT2D eigenvalue weighted by atomic mass is 9.95. The molecule has 0 saturated heterocycles. The number of hydrogen-bond donors (Lipinski definition) is 2. The fourth-order valence-corrected chi connectivity index (χ4v) is 4.24. The third kappa shape index (κ3) is 2.72. The molecule has 27 heavy (non-hydrogen) atoms. The molecule has 3 heterocycles. The summed E-state index contributed by atoms with van der Waals surface area (Å²) in [4.78, 5) is 22.1. The number of amides is 1. The monoisotopic (exact) mass is 362 g/mol. The number of carbonyl (C=O) groups is 1. The van der Waals surface area contributed by atoms with Gasteiger partial charge in [0.15, 0.2) is 5.76 Å². The Balaban J connectivity index is 1.45. The van der Waals surface area contributed by atoms with Crippen LogP contribution in [-0.2, 0) is 11.3 Å². The molecule has 1 fully saturated rings. The molecule has 1 unspecified atom stereocenters. The molecule has 1 atom stereocenters. The van der Waals surface area contributed by atoms with Crippen molar-refractivity contribution in [3.05, 3.63) is 60.5 Å². The maximum absolute atomic E-state index is 12.9. The predicted molar refractivity (Wildman–Crippen MR) is 103 cm³/mol. The summed E-state index contributed by atoms with van der Waals surface area (Å²) in [5.74, 6) is 0.118. The second kappa shape index (κ2) is 6.30. The lowest BCUT2D eigenvalue weighted by Crippen LogP contribution is -2.38. The zero-order chi connectivity index (χ0) is 18.4. The van der Waals surface area contributed by atoms with E-state index in [9.17, 15) is 9.90 Å². The van der Waals surface area contributed by atoms with E-state index >= 15 is 0 Å². The van der Waals surface area contributed by atoms with Crippen LogP contribution in [0.4, 0.5) is 0 Å². The number of aliphatic hydroxyl groups is 1. The van der Waals surface area contributed by atoms with E-state index in [2.05, 4.69) is 9.97 Å². The molecule has 6 heteroatoms. The topological polar surface area (TPSA) is 74.2 Å². The highest BCUT2D eigenvalue weighted by molar-refractivity contribution is 6.08. The summed E-state index contributed by atoms with van der Waals surface area (Å²) in [5, 5.41) is 11.8. The van der Waals surface area contributed by atoms with Gasteiger partial charge in [-0.25, -0.2) is 4.98 Å². The standard InChI is InChI=1S/C21H22N4O2/c26-20-18(16-12-23-17-5-2-1-4-15(16)17)19(14-6-7-14)25(21(20)27)10-3-9-24-11-8-22-13-24/h1-2,4-5,8,11-14,19,23,26H,3,6-7,9-10H2. The Bertz CT molecular complexity index is 1010. The molecule has 2 N–H and O–H groups in total. The van der Waals surface area contributed by atoms with Crippen LogP contribution >= 0.6 is 0 Å². The fourth-order valence-electron chi connectivity index (χ4n) is 4.24. The first-order valence-corrected chi connectivity index (χ1v) is 9.50. The number of benzene rings is 1. The normalized spacial score (nSPS) is 20.2. The number of aryl methyl sites for hydroxylation is 1. The van der Waals surface area contributed by atoms with Crippen molar-refractivity contribution < 1.29 is 9.90 Å². The van der Waals surface area contributed by atoms with Crippen LogP contribution in [0.1, 0.15) is 24.8 Å². The number of H-pyrrole nitrogens is 1. The first-order chi connectivity index (χ1) is 13.2. The van der Waals surface area contributed by atoms with E-state index in [4.69, 9.17) is 0 Å². The molecular weight excluding hydrogens is 340 g/mol. The Morgan fingerprint density at radius 2 is 2.07 bits per heavy atom. The van der Waals surface area contributed by atoms with E-state index in [1.807, 2.05) is 46.1 Å². The molecule has 5 rings (SSSR count). The quantitative estimate of drug-likeness (QED) is 0.706. The van der Waals surface area contributed by atoms with Crippen LogP contribution in [0.15, 0.2) is 54.9 Å². The summed E-state index contributed by atoms with van der Waals surface area (Å²) in [5.41, 5.74) is 2.77. The van der Waals surface area contributed by atoms with E-state index in [1.165, 1.54) is 0 Å². The van der Waals surface area contributed by atoms with Crippen LogP contribution in [-0.4, -0.2) is 43.0 Å². The molecule has 2 aromatic heterocycles. The number of aromatic nitrogens is 3. The van der Waals surface area contributed by atoms with E-state index in [0.29, 0.717) is 12.5 Å². The van der Waals surface area contributed by atoms with Crippen molar-refractivity contribution in [1.29, 1.82) is 0 Å². The number of aliphatic hydroxyl groups excluding tert-OH is 1. The minimum absolute atomic E-state index is 0.0282. The molecule has 1 amide bonds. The van der Waals surface area contributed by atoms with Gasteiger partial charge in [-0.3, -0.25) is 4.79 Å². The van der Waals surface area contributed by atoms with Crippen LogP contribution in [0, 0.1) is 5.92 Å². The molecule has 0 bridgehead atoms. The number of fused-ring (bicyclic) bond motifs is 1. The number of imidazole rings is 1. The zero-order valence-corrected chi connectivity index (χ0v) is 15.0. The lowest BCUT2D eigenvalue weighted by molar-refractivity contribution is -0.129. The minimum Gasteiger partial charge on any atom is -0.503 e. The van der Waals surface area contributed by atoms with Crippen molar-refractivity contribution in [2.45, 2.75) is 31.8 Å². The third-order valence-corrected chi connectivity index (χ3v) is 5.67. The number of nitrogens with one attached hydrogen (secondary N) is 1. The van der Waals surface area contributed by atoms with Gasteiger partial charge in [0.1, 0.15) is 0 Å². The number of para-hydroxylation sites is 1. The Kier molecular flexibility index (Phi) is 3.77. The van der Waals surface area contributed by atoms with Crippen molar-refractivity contribution in [3.63, 3.8) is 0 Å². The van der Waals surface area contributed by atoms with Gasteiger partial charge in [-0.05, 0) is 31.2 Å². The summed E-state index contributed by atoms with van der Waals surface area (Å²) in [6.45, 7) is 1.44. The van der Waals surface area contributed by atoms with Gasteiger partial charge in [-0.15, -0.1) is 0 Å². The van der Waals surface area contributed by atoms with Crippen molar-refractivity contribution in [2.75, 3.05) is 6.54 Å². The Morgan fingerprint density at radius 3 is 2.85 bits per heavy atom. The third-order valence-electron chi connectivity index (χ3n) is 5.67. The molecule has 0 spiro atoms. The summed E-state index contributed by atoms with van der Waals surface area (Å²) < 4.78 is 2.01. The number of rotatable bonds is 6. The maximum atomic E-state index is 12.9.